The van der Waals surface area contributed by atoms with Crippen molar-refractivity contribution in [2.45, 2.75) is 19.4 Å². The summed E-state index contributed by atoms with van der Waals surface area (Å²) in [5.74, 6) is 0.0607. The van der Waals surface area contributed by atoms with E-state index < -0.39 is 16.1 Å². The van der Waals surface area contributed by atoms with Gasteiger partial charge in [0, 0.05) is 44.2 Å². The fourth-order valence-electron chi connectivity index (χ4n) is 3.40. The third-order valence-electron chi connectivity index (χ3n) is 4.85. The van der Waals surface area contributed by atoms with Gasteiger partial charge in [-0.25, -0.2) is 13.2 Å². The molecule has 2 heterocycles. The van der Waals surface area contributed by atoms with Gasteiger partial charge in [0.25, 0.3) is 5.91 Å². The number of rotatable bonds is 3. The molecule has 0 bridgehead atoms. The average molecular weight is 446 g/mol. The van der Waals surface area contributed by atoms with E-state index >= 15 is 0 Å². The number of nitrogens with zero attached hydrogens (tertiary/aromatic N) is 3. The monoisotopic (exact) mass is 445 g/mol. The van der Waals surface area contributed by atoms with Crippen molar-refractivity contribution in [3.63, 3.8) is 0 Å². The van der Waals surface area contributed by atoms with Gasteiger partial charge < -0.3 is 19.3 Å². The summed E-state index contributed by atoms with van der Waals surface area (Å²) >= 11 is 6.03. The van der Waals surface area contributed by atoms with E-state index in [1.54, 1.807) is 28.9 Å². The van der Waals surface area contributed by atoms with E-state index in [9.17, 15) is 18.0 Å². The number of anilines is 1. The molecular weight excluding hydrogens is 422 g/mol. The number of carbonyl (C=O) groups is 2. The van der Waals surface area contributed by atoms with E-state index in [-0.39, 0.29) is 25.0 Å². The molecule has 0 spiro atoms. The Hall–Kier alpha value is -2.20. The fraction of sp³-hybridized carbons (Fsp3) is 0.556. The molecule has 160 valence electrons. The normalized spacial score (nSPS) is 19.8. The Bertz CT molecular complexity index is 886. The zero-order valence-corrected chi connectivity index (χ0v) is 17.9. The van der Waals surface area contributed by atoms with E-state index in [1.807, 2.05) is 0 Å². The number of sulfonamides is 1. The molecule has 0 saturated carbocycles. The number of carbonyl (C=O) groups excluding carboxylic acids is 2. The van der Waals surface area contributed by atoms with Crippen LogP contribution in [0.2, 0.25) is 5.02 Å². The van der Waals surface area contributed by atoms with Crippen LogP contribution in [-0.2, 0) is 19.6 Å². The van der Waals surface area contributed by atoms with Crippen LogP contribution in [0.25, 0.3) is 0 Å². The summed E-state index contributed by atoms with van der Waals surface area (Å²) in [5.41, 5.74) is 0.322. The van der Waals surface area contributed by atoms with Crippen molar-refractivity contribution in [2.75, 3.05) is 49.9 Å². The minimum atomic E-state index is -3.56. The maximum absolute atomic E-state index is 13.0. The quantitative estimate of drug-likeness (QED) is 0.700. The highest BCUT2D eigenvalue weighted by molar-refractivity contribution is 7.92. The first kappa shape index (κ1) is 21.5. The third kappa shape index (κ3) is 4.87. The zero-order valence-electron chi connectivity index (χ0n) is 16.3. The smallest absolute Gasteiger partial charge is 0.409 e. The third-order valence-corrected chi connectivity index (χ3v) is 6.26. The topological polar surface area (TPSA) is 96.5 Å². The van der Waals surface area contributed by atoms with Crippen molar-refractivity contribution < 1.29 is 27.5 Å². The summed E-state index contributed by atoms with van der Waals surface area (Å²) in [7, 11) is -3.56. The molecule has 1 aromatic carbocycles. The van der Waals surface area contributed by atoms with E-state index in [2.05, 4.69) is 0 Å². The Morgan fingerprint density at radius 2 is 1.83 bits per heavy atom. The number of piperazine rings is 1. The Morgan fingerprint density at radius 1 is 1.17 bits per heavy atom. The first-order valence-electron chi connectivity index (χ1n) is 9.35. The molecule has 1 atom stereocenters. The highest BCUT2D eigenvalue weighted by atomic mass is 35.5. The van der Waals surface area contributed by atoms with Gasteiger partial charge in [0.2, 0.25) is 10.0 Å². The standard InChI is InChI=1S/C18H24ClN3O6S/c1-3-27-18(24)21-10-8-20(9-11-21)17(23)16-6-7-22(29(2,25)26)14-12-13(19)4-5-15(14)28-16/h4-5,12,16H,3,6-11H2,1-2H3/t16-/m0/s1. The molecule has 2 amide bonds. The second-order valence-corrected chi connectivity index (χ2v) is 9.20. The van der Waals surface area contributed by atoms with Crippen molar-refractivity contribution in [1.82, 2.24) is 9.80 Å². The largest absolute Gasteiger partial charge is 0.478 e. The van der Waals surface area contributed by atoms with Crippen molar-refractivity contribution in [2.24, 2.45) is 0 Å². The number of halogens is 1. The van der Waals surface area contributed by atoms with Gasteiger partial charge in [0.05, 0.1) is 18.6 Å². The number of benzene rings is 1. The van der Waals surface area contributed by atoms with Crippen molar-refractivity contribution in [3.05, 3.63) is 23.2 Å². The number of amides is 2. The molecule has 9 nitrogen and oxygen atoms in total. The molecule has 3 rings (SSSR count). The SMILES string of the molecule is CCOC(=O)N1CCN(C(=O)[C@@H]2CCN(S(C)(=O)=O)c3cc(Cl)ccc3O2)CC1. The lowest BCUT2D eigenvalue weighted by atomic mass is 10.2. The molecule has 29 heavy (non-hydrogen) atoms. The second kappa shape index (κ2) is 8.66. The molecule has 1 aromatic rings. The molecule has 2 aliphatic heterocycles. The van der Waals surface area contributed by atoms with Gasteiger partial charge in [-0.15, -0.1) is 0 Å². The van der Waals surface area contributed by atoms with Crippen LogP contribution >= 0.6 is 11.6 Å². The molecule has 11 heteroatoms. The van der Waals surface area contributed by atoms with Gasteiger partial charge in [-0.3, -0.25) is 9.10 Å². The number of ether oxygens (including phenoxy) is 2. The first-order chi connectivity index (χ1) is 13.7. The molecule has 2 aliphatic rings. The Labute approximate surface area is 175 Å². The Morgan fingerprint density at radius 3 is 2.45 bits per heavy atom. The van der Waals surface area contributed by atoms with E-state index in [1.165, 1.54) is 10.4 Å². The van der Waals surface area contributed by atoms with Crippen LogP contribution in [0.15, 0.2) is 18.2 Å². The van der Waals surface area contributed by atoms with Crippen LogP contribution in [-0.4, -0.2) is 81.9 Å². The van der Waals surface area contributed by atoms with Gasteiger partial charge in [0.15, 0.2) is 6.10 Å². The van der Waals surface area contributed by atoms with Crippen LogP contribution in [0, 0.1) is 0 Å². The predicted octanol–water partition coefficient (Wildman–Crippen LogP) is 1.56. The average Bonchev–Trinajstić information content (AvgIpc) is 2.87. The predicted molar refractivity (Wildman–Crippen MR) is 108 cm³/mol. The molecule has 0 N–H and O–H groups in total. The number of fused-ring (bicyclic) bond motifs is 1. The second-order valence-electron chi connectivity index (χ2n) is 6.85. The van der Waals surface area contributed by atoms with Crippen LogP contribution < -0.4 is 9.04 Å². The minimum Gasteiger partial charge on any atom is -0.478 e. The Kier molecular flexibility index (Phi) is 6.42. The molecule has 0 aliphatic carbocycles. The highest BCUT2D eigenvalue weighted by Gasteiger charge is 2.35. The van der Waals surface area contributed by atoms with E-state index in [4.69, 9.17) is 21.1 Å². The summed E-state index contributed by atoms with van der Waals surface area (Å²) in [5, 5.41) is 0.376. The van der Waals surface area contributed by atoms with Crippen molar-refractivity contribution >= 4 is 39.3 Å². The summed E-state index contributed by atoms with van der Waals surface area (Å²) < 4.78 is 36.6. The first-order valence-corrected chi connectivity index (χ1v) is 11.6. The maximum Gasteiger partial charge on any atom is 0.409 e. The lowest BCUT2D eigenvalue weighted by Crippen LogP contribution is -2.54. The van der Waals surface area contributed by atoms with Crippen molar-refractivity contribution in [1.29, 1.82) is 0 Å². The molecule has 1 fully saturated rings. The Balaban J connectivity index is 1.73. The minimum absolute atomic E-state index is 0.103. The fourth-order valence-corrected chi connectivity index (χ4v) is 4.50. The summed E-state index contributed by atoms with van der Waals surface area (Å²) in [6.07, 6.45) is 0.0980. The maximum atomic E-state index is 13.0. The molecule has 0 unspecified atom stereocenters. The zero-order chi connectivity index (χ0) is 21.2. The number of hydrogen-bond donors (Lipinski definition) is 0. The van der Waals surface area contributed by atoms with Crippen LogP contribution in [0.3, 0.4) is 0 Å². The summed E-state index contributed by atoms with van der Waals surface area (Å²) in [6, 6.07) is 4.68. The van der Waals surface area contributed by atoms with Gasteiger partial charge in [-0.1, -0.05) is 11.6 Å². The molecule has 0 radical (unpaired) electrons. The lowest BCUT2D eigenvalue weighted by molar-refractivity contribution is -0.140. The summed E-state index contributed by atoms with van der Waals surface area (Å²) in [4.78, 5) is 28.0. The number of hydrogen-bond acceptors (Lipinski definition) is 6. The van der Waals surface area contributed by atoms with Crippen molar-refractivity contribution in [3.8, 4) is 5.75 Å². The summed E-state index contributed by atoms with van der Waals surface area (Å²) in [6.45, 7) is 3.62. The van der Waals surface area contributed by atoms with Gasteiger partial charge >= 0.3 is 6.09 Å². The van der Waals surface area contributed by atoms with Crippen LogP contribution in [0.1, 0.15) is 13.3 Å². The highest BCUT2D eigenvalue weighted by Crippen LogP contribution is 2.36. The van der Waals surface area contributed by atoms with E-state index in [0.29, 0.717) is 49.2 Å². The molecular formula is C18H24ClN3O6S. The van der Waals surface area contributed by atoms with E-state index in [0.717, 1.165) is 6.26 Å². The van der Waals surface area contributed by atoms with Gasteiger partial charge in [-0.05, 0) is 25.1 Å². The lowest BCUT2D eigenvalue weighted by Gasteiger charge is -2.35. The van der Waals surface area contributed by atoms with Crippen LogP contribution in [0.5, 0.6) is 5.75 Å². The van der Waals surface area contributed by atoms with Crippen LogP contribution in [0.4, 0.5) is 10.5 Å². The molecule has 1 saturated heterocycles. The van der Waals surface area contributed by atoms with Gasteiger partial charge in [-0.2, -0.15) is 0 Å². The molecule has 0 aromatic heterocycles. The van der Waals surface area contributed by atoms with Gasteiger partial charge in [0.1, 0.15) is 5.75 Å².